The number of rotatable bonds is 6. The van der Waals surface area contributed by atoms with E-state index in [9.17, 15) is 9.59 Å². The molecule has 0 aliphatic rings. The molecule has 2 rings (SSSR count). The molecule has 0 saturated heterocycles. The van der Waals surface area contributed by atoms with Gasteiger partial charge in [-0.25, -0.2) is 5.84 Å². The Hall–Kier alpha value is -3.12. The normalized spacial score (nSPS) is 11.9. The number of carbonyl (C=O) groups excluding carboxylic acids is 2. The molecular weight excluding hydrogens is 306 g/mol. The molecule has 0 radical (unpaired) electrons. The topological polar surface area (TPSA) is 97.4 Å². The average molecular weight is 325 g/mol. The summed E-state index contributed by atoms with van der Waals surface area (Å²) in [6.07, 6.45) is 4.87. The summed E-state index contributed by atoms with van der Waals surface area (Å²) in [7, 11) is 0. The Labute approximate surface area is 140 Å². The number of hydrogen-bond donors (Lipinski definition) is 3. The fourth-order valence-electron chi connectivity index (χ4n) is 2.21. The molecule has 4 N–H and O–H groups in total. The lowest BCUT2D eigenvalue weighted by atomic mass is 10.0. The van der Waals surface area contributed by atoms with Crippen LogP contribution in [0.2, 0.25) is 0 Å². The molecule has 0 aliphatic carbocycles. The van der Waals surface area contributed by atoms with E-state index in [1.165, 1.54) is 18.4 Å². The zero-order chi connectivity index (χ0) is 17.4. The molecule has 24 heavy (non-hydrogen) atoms. The molecule has 6 heteroatoms. The predicted molar refractivity (Wildman–Crippen MR) is 91.9 cm³/mol. The number of allylic oxidation sites excluding steroid dienone is 1. The first kappa shape index (κ1) is 17.2. The SMILES string of the molecule is CC/C(=C(/NC(=O)/C=C/c1ccco1)C(=O)NN)c1ccccc1. The van der Waals surface area contributed by atoms with Crippen molar-refractivity contribution in [1.82, 2.24) is 10.7 Å². The maximum absolute atomic E-state index is 12.1. The molecule has 0 saturated carbocycles. The van der Waals surface area contributed by atoms with Gasteiger partial charge in [0, 0.05) is 6.08 Å². The average Bonchev–Trinajstić information content (AvgIpc) is 3.13. The zero-order valence-electron chi connectivity index (χ0n) is 13.3. The number of carbonyl (C=O) groups is 2. The summed E-state index contributed by atoms with van der Waals surface area (Å²) in [4.78, 5) is 24.2. The van der Waals surface area contributed by atoms with E-state index in [1.807, 2.05) is 37.3 Å². The molecule has 2 amide bonds. The van der Waals surface area contributed by atoms with E-state index in [2.05, 4.69) is 10.7 Å². The van der Waals surface area contributed by atoms with Crippen molar-refractivity contribution in [3.05, 3.63) is 71.8 Å². The van der Waals surface area contributed by atoms with Gasteiger partial charge in [-0.05, 0) is 35.8 Å². The summed E-state index contributed by atoms with van der Waals surface area (Å²) < 4.78 is 5.12. The van der Waals surface area contributed by atoms with Crippen LogP contribution in [0, 0.1) is 0 Å². The van der Waals surface area contributed by atoms with Crippen LogP contribution < -0.4 is 16.6 Å². The number of amides is 2. The Morgan fingerprint density at radius 3 is 2.50 bits per heavy atom. The fraction of sp³-hybridized carbons (Fsp3) is 0.111. The lowest BCUT2D eigenvalue weighted by Crippen LogP contribution is -2.38. The molecule has 0 bridgehead atoms. The first-order valence-electron chi connectivity index (χ1n) is 7.47. The van der Waals surface area contributed by atoms with Crippen molar-refractivity contribution in [3.63, 3.8) is 0 Å². The van der Waals surface area contributed by atoms with Gasteiger partial charge in [-0.3, -0.25) is 15.0 Å². The van der Waals surface area contributed by atoms with Crippen LogP contribution in [0.15, 0.2) is 64.9 Å². The third kappa shape index (κ3) is 4.44. The minimum absolute atomic E-state index is 0.125. The molecular formula is C18H19N3O3. The van der Waals surface area contributed by atoms with Crippen LogP contribution in [0.3, 0.4) is 0 Å². The van der Waals surface area contributed by atoms with E-state index in [0.717, 1.165) is 5.56 Å². The third-order valence-electron chi connectivity index (χ3n) is 3.33. The monoisotopic (exact) mass is 325 g/mol. The number of hydrazine groups is 1. The second-order valence-electron chi connectivity index (χ2n) is 4.88. The minimum atomic E-state index is -0.560. The van der Waals surface area contributed by atoms with Crippen LogP contribution in [0.4, 0.5) is 0 Å². The lowest BCUT2D eigenvalue weighted by Gasteiger charge is -2.13. The predicted octanol–water partition coefficient (Wildman–Crippen LogP) is 2.22. The molecule has 0 fully saturated rings. The highest BCUT2D eigenvalue weighted by atomic mass is 16.3. The van der Waals surface area contributed by atoms with Crippen LogP contribution in [-0.4, -0.2) is 11.8 Å². The molecule has 1 heterocycles. The molecule has 0 spiro atoms. The highest BCUT2D eigenvalue weighted by Gasteiger charge is 2.16. The molecule has 124 valence electrons. The molecule has 2 aromatic rings. The van der Waals surface area contributed by atoms with E-state index in [4.69, 9.17) is 10.3 Å². The Bertz CT molecular complexity index is 747. The van der Waals surface area contributed by atoms with Crippen LogP contribution >= 0.6 is 0 Å². The first-order valence-corrected chi connectivity index (χ1v) is 7.47. The summed E-state index contributed by atoms with van der Waals surface area (Å²) in [5, 5.41) is 2.60. The van der Waals surface area contributed by atoms with E-state index in [1.54, 1.807) is 12.1 Å². The Morgan fingerprint density at radius 1 is 1.17 bits per heavy atom. The van der Waals surface area contributed by atoms with Crippen molar-refractivity contribution in [3.8, 4) is 0 Å². The first-order chi connectivity index (χ1) is 11.7. The number of nitrogens with one attached hydrogen (secondary N) is 2. The van der Waals surface area contributed by atoms with Gasteiger partial charge < -0.3 is 9.73 Å². The summed E-state index contributed by atoms with van der Waals surface area (Å²) in [6.45, 7) is 1.90. The Kier molecular flexibility index (Phi) is 6.10. The summed E-state index contributed by atoms with van der Waals surface area (Å²) >= 11 is 0. The van der Waals surface area contributed by atoms with Gasteiger partial charge in [0.15, 0.2) is 0 Å². The number of nitrogens with two attached hydrogens (primary N) is 1. The van der Waals surface area contributed by atoms with Gasteiger partial charge in [-0.2, -0.15) is 0 Å². The largest absolute Gasteiger partial charge is 0.465 e. The van der Waals surface area contributed by atoms with Gasteiger partial charge in [-0.1, -0.05) is 37.3 Å². The van der Waals surface area contributed by atoms with Crippen molar-refractivity contribution in [1.29, 1.82) is 0 Å². The van der Waals surface area contributed by atoms with Crippen LogP contribution in [0.1, 0.15) is 24.7 Å². The van der Waals surface area contributed by atoms with Gasteiger partial charge in [0.25, 0.3) is 5.91 Å². The van der Waals surface area contributed by atoms with Crippen molar-refractivity contribution in [2.75, 3.05) is 0 Å². The van der Waals surface area contributed by atoms with Gasteiger partial charge >= 0.3 is 0 Å². The van der Waals surface area contributed by atoms with E-state index in [0.29, 0.717) is 17.8 Å². The summed E-state index contributed by atoms with van der Waals surface area (Å²) in [5.41, 5.74) is 3.73. The zero-order valence-corrected chi connectivity index (χ0v) is 13.3. The molecule has 6 nitrogen and oxygen atoms in total. The van der Waals surface area contributed by atoms with Crippen LogP contribution in [0.5, 0.6) is 0 Å². The quantitative estimate of drug-likeness (QED) is 0.328. The molecule has 1 aromatic carbocycles. The van der Waals surface area contributed by atoms with Crippen molar-refractivity contribution < 1.29 is 14.0 Å². The molecule has 0 unspecified atom stereocenters. The minimum Gasteiger partial charge on any atom is -0.465 e. The second kappa shape index (κ2) is 8.50. The van der Waals surface area contributed by atoms with Crippen LogP contribution in [0.25, 0.3) is 11.6 Å². The van der Waals surface area contributed by atoms with Gasteiger partial charge in [0.05, 0.1) is 6.26 Å². The summed E-state index contributed by atoms with van der Waals surface area (Å²) in [5.74, 6) is 4.78. The maximum atomic E-state index is 12.1. The lowest BCUT2D eigenvalue weighted by molar-refractivity contribution is -0.121. The number of furan rings is 1. The maximum Gasteiger partial charge on any atom is 0.281 e. The fourth-order valence-corrected chi connectivity index (χ4v) is 2.21. The smallest absolute Gasteiger partial charge is 0.281 e. The van der Waals surface area contributed by atoms with Crippen molar-refractivity contribution >= 4 is 23.5 Å². The van der Waals surface area contributed by atoms with Gasteiger partial charge in [0.2, 0.25) is 5.91 Å². The third-order valence-corrected chi connectivity index (χ3v) is 3.33. The number of hydrogen-bond acceptors (Lipinski definition) is 4. The van der Waals surface area contributed by atoms with Crippen LogP contribution in [-0.2, 0) is 9.59 Å². The highest BCUT2D eigenvalue weighted by molar-refractivity contribution is 6.06. The Balaban J connectivity index is 2.29. The standard InChI is InChI=1S/C18H19N3O3/c1-2-15(13-7-4-3-5-8-13)17(18(23)21-19)20-16(22)11-10-14-9-6-12-24-14/h3-12H,2,19H2,1H3,(H,20,22)(H,21,23)/b11-10+,17-15-. The number of benzene rings is 1. The molecule has 1 aromatic heterocycles. The van der Waals surface area contributed by atoms with E-state index >= 15 is 0 Å². The Morgan fingerprint density at radius 2 is 1.92 bits per heavy atom. The molecule has 0 atom stereocenters. The van der Waals surface area contributed by atoms with Crippen molar-refractivity contribution in [2.24, 2.45) is 5.84 Å². The van der Waals surface area contributed by atoms with Crippen molar-refractivity contribution in [2.45, 2.75) is 13.3 Å². The van der Waals surface area contributed by atoms with E-state index in [-0.39, 0.29) is 5.70 Å². The molecule has 0 aliphatic heterocycles. The summed E-state index contributed by atoms with van der Waals surface area (Å²) in [6, 6.07) is 12.8. The highest BCUT2D eigenvalue weighted by Crippen LogP contribution is 2.21. The van der Waals surface area contributed by atoms with E-state index < -0.39 is 11.8 Å². The van der Waals surface area contributed by atoms with Gasteiger partial charge in [0.1, 0.15) is 11.5 Å². The van der Waals surface area contributed by atoms with Gasteiger partial charge in [-0.15, -0.1) is 0 Å². The second-order valence-corrected chi connectivity index (χ2v) is 4.88.